The molecular weight excluding hydrogens is 328 g/mol. The van der Waals surface area contributed by atoms with Crippen molar-refractivity contribution in [3.63, 3.8) is 0 Å². The van der Waals surface area contributed by atoms with Crippen LogP contribution >= 0.6 is 0 Å². The molecule has 0 saturated carbocycles. The molecule has 8 heteroatoms. The molecule has 1 aliphatic rings. The third-order valence-corrected chi connectivity index (χ3v) is 4.53. The number of H-pyrrole nitrogens is 1. The second kappa shape index (κ2) is 5.96. The molecule has 0 saturated heterocycles. The Labute approximate surface area is 142 Å². The van der Waals surface area contributed by atoms with Gasteiger partial charge in [0.05, 0.1) is 11.4 Å². The molecule has 0 unspecified atom stereocenters. The van der Waals surface area contributed by atoms with Gasteiger partial charge >= 0.3 is 0 Å². The zero-order valence-corrected chi connectivity index (χ0v) is 13.7. The lowest BCUT2D eigenvalue weighted by molar-refractivity contribution is 0.235. The highest BCUT2D eigenvalue weighted by Crippen LogP contribution is 2.18. The van der Waals surface area contributed by atoms with Gasteiger partial charge in [-0.15, -0.1) is 0 Å². The molecule has 4 rings (SSSR count). The third kappa shape index (κ3) is 2.89. The molecule has 6 nitrogen and oxygen atoms in total. The van der Waals surface area contributed by atoms with E-state index < -0.39 is 11.6 Å². The summed E-state index contributed by atoms with van der Waals surface area (Å²) in [6.07, 6.45) is 2.35. The number of rotatable bonds is 3. The molecule has 130 valence electrons. The normalized spacial score (nSPS) is 14.7. The summed E-state index contributed by atoms with van der Waals surface area (Å²) in [5.74, 6) is -1.27. The summed E-state index contributed by atoms with van der Waals surface area (Å²) in [6, 6.07) is 5.23. The zero-order valence-electron chi connectivity index (χ0n) is 13.7. The highest BCUT2D eigenvalue weighted by Gasteiger charge is 2.22. The predicted octanol–water partition coefficient (Wildman–Crippen LogP) is 1.74. The molecule has 1 aromatic carbocycles. The van der Waals surface area contributed by atoms with Crippen molar-refractivity contribution in [2.24, 2.45) is 7.05 Å². The van der Waals surface area contributed by atoms with Gasteiger partial charge in [0.25, 0.3) is 5.56 Å². The predicted molar refractivity (Wildman–Crippen MR) is 87.3 cm³/mol. The molecule has 0 amide bonds. The highest BCUT2D eigenvalue weighted by atomic mass is 19.1. The number of fused-ring (bicyclic) bond motifs is 1. The maximum absolute atomic E-state index is 13.9. The molecule has 1 aliphatic heterocycles. The molecule has 2 aromatic heterocycles. The quantitative estimate of drug-likeness (QED) is 0.787. The Balaban J connectivity index is 1.52. The number of nitrogens with zero attached hydrogens (tertiary/aromatic N) is 4. The fourth-order valence-electron chi connectivity index (χ4n) is 3.25. The minimum Gasteiger partial charge on any atom is -0.291 e. The van der Waals surface area contributed by atoms with Crippen LogP contribution in [0, 0.1) is 11.6 Å². The van der Waals surface area contributed by atoms with Crippen molar-refractivity contribution in [2.45, 2.75) is 19.5 Å². The lowest BCUT2D eigenvalue weighted by atomic mass is 10.1. The van der Waals surface area contributed by atoms with Gasteiger partial charge in [0.15, 0.2) is 5.82 Å². The topological polar surface area (TPSA) is 58.9 Å². The van der Waals surface area contributed by atoms with Crippen LogP contribution in [0.5, 0.6) is 0 Å². The van der Waals surface area contributed by atoms with Crippen LogP contribution in [0.4, 0.5) is 8.78 Å². The Morgan fingerprint density at radius 1 is 1.28 bits per heavy atom. The number of halogens is 2. The molecule has 25 heavy (non-hydrogen) atoms. The van der Waals surface area contributed by atoms with Gasteiger partial charge in [-0.3, -0.25) is 19.5 Å². The van der Waals surface area contributed by atoms with Crippen molar-refractivity contribution in [1.29, 1.82) is 0 Å². The minimum atomic E-state index is -0.653. The molecule has 0 fully saturated rings. The summed E-state index contributed by atoms with van der Waals surface area (Å²) in [5.41, 5.74) is 2.81. The van der Waals surface area contributed by atoms with Gasteiger partial charge in [-0.2, -0.15) is 5.10 Å². The molecule has 1 N–H and O–H groups in total. The number of hydrogen-bond acceptors (Lipinski definition) is 3. The van der Waals surface area contributed by atoms with Gasteiger partial charge in [-0.1, -0.05) is 0 Å². The first-order valence-electron chi connectivity index (χ1n) is 8.00. The lowest BCUT2D eigenvalue weighted by Gasteiger charge is -2.26. The van der Waals surface area contributed by atoms with Crippen LogP contribution in [0.3, 0.4) is 0 Å². The standard InChI is InChI=1S/C17H17F2N5O/c1-22-16-10-23(6-5-13(16)17(25)21-22)9-12-4-7-24(20-12)15-3-2-11(18)8-14(15)19/h2-4,7-8H,5-6,9-10H2,1H3,(H,21,25). The number of benzene rings is 1. The van der Waals surface area contributed by atoms with Crippen LogP contribution in [0.2, 0.25) is 0 Å². The van der Waals surface area contributed by atoms with Crippen LogP contribution in [-0.4, -0.2) is 31.0 Å². The van der Waals surface area contributed by atoms with Crippen molar-refractivity contribution in [1.82, 2.24) is 24.5 Å². The fourth-order valence-corrected chi connectivity index (χ4v) is 3.25. The number of aromatic amines is 1. The summed E-state index contributed by atoms with van der Waals surface area (Å²) in [7, 11) is 1.83. The molecule has 0 bridgehead atoms. The van der Waals surface area contributed by atoms with E-state index in [4.69, 9.17) is 0 Å². The highest BCUT2D eigenvalue weighted by molar-refractivity contribution is 5.33. The summed E-state index contributed by atoms with van der Waals surface area (Å²) in [6.45, 7) is 2.01. The van der Waals surface area contributed by atoms with Crippen LogP contribution in [-0.2, 0) is 26.6 Å². The number of aryl methyl sites for hydroxylation is 1. The van der Waals surface area contributed by atoms with E-state index in [1.165, 1.54) is 16.8 Å². The summed E-state index contributed by atoms with van der Waals surface area (Å²) in [4.78, 5) is 14.0. The maximum atomic E-state index is 13.9. The van der Waals surface area contributed by atoms with Gasteiger partial charge in [0.2, 0.25) is 0 Å². The molecule has 0 aliphatic carbocycles. The number of aromatic nitrogens is 4. The Bertz CT molecular complexity index is 987. The first kappa shape index (κ1) is 15.8. The minimum absolute atomic E-state index is 0.0202. The van der Waals surface area contributed by atoms with Gasteiger partial charge in [-0.25, -0.2) is 13.5 Å². The summed E-state index contributed by atoms with van der Waals surface area (Å²) < 4.78 is 30.1. The second-order valence-corrected chi connectivity index (χ2v) is 6.23. The molecule has 0 radical (unpaired) electrons. The average molecular weight is 345 g/mol. The largest absolute Gasteiger partial charge is 0.291 e. The number of hydrogen-bond donors (Lipinski definition) is 1. The van der Waals surface area contributed by atoms with Gasteiger partial charge < -0.3 is 0 Å². The van der Waals surface area contributed by atoms with Crippen LogP contribution in [0.25, 0.3) is 5.69 Å². The Morgan fingerprint density at radius 2 is 2.12 bits per heavy atom. The van der Waals surface area contributed by atoms with E-state index in [2.05, 4.69) is 15.1 Å². The fraction of sp³-hybridized carbons (Fsp3) is 0.294. The van der Waals surface area contributed by atoms with E-state index >= 15 is 0 Å². The maximum Gasteiger partial charge on any atom is 0.267 e. The van der Waals surface area contributed by atoms with Crippen LogP contribution in [0.1, 0.15) is 17.0 Å². The van der Waals surface area contributed by atoms with Crippen molar-refractivity contribution in [2.75, 3.05) is 6.54 Å². The molecule has 0 atom stereocenters. The zero-order chi connectivity index (χ0) is 17.6. The smallest absolute Gasteiger partial charge is 0.267 e. The average Bonchev–Trinajstić information content (AvgIpc) is 3.13. The Hall–Kier alpha value is -2.74. The summed E-state index contributed by atoms with van der Waals surface area (Å²) in [5, 5.41) is 7.17. The molecular formula is C17H17F2N5O. The number of nitrogens with one attached hydrogen (secondary N) is 1. The first-order valence-corrected chi connectivity index (χ1v) is 8.00. The Kier molecular flexibility index (Phi) is 3.76. The molecule has 3 aromatic rings. The van der Waals surface area contributed by atoms with E-state index in [1.807, 2.05) is 13.1 Å². The van der Waals surface area contributed by atoms with Gasteiger partial charge in [0, 0.05) is 44.5 Å². The van der Waals surface area contributed by atoms with Crippen molar-refractivity contribution in [3.8, 4) is 5.69 Å². The third-order valence-electron chi connectivity index (χ3n) is 4.53. The van der Waals surface area contributed by atoms with Crippen molar-refractivity contribution >= 4 is 0 Å². The molecule has 0 spiro atoms. The lowest BCUT2D eigenvalue weighted by Crippen LogP contribution is -2.32. The monoisotopic (exact) mass is 345 g/mol. The van der Waals surface area contributed by atoms with Crippen LogP contribution in [0.15, 0.2) is 35.3 Å². The van der Waals surface area contributed by atoms with Crippen molar-refractivity contribution in [3.05, 3.63) is 69.4 Å². The van der Waals surface area contributed by atoms with Crippen molar-refractivity contribution < 1.29 is 8.78 Å². The summed E-state index contributed by atoms with van der Waals surface area (Å²) >= 11 is 0. The second-order valence-electron chi connectivity index (χ2n) is 6.23. The van der Waals surface area contributed by atoms with E-state index in [9.17, 15) is 13.6 Å². The van der Waals surface area contributed by atoms with E-state index in [-0.39, 0.29) is 11.2 Å². The van der Waals surface area contributed by atoms with E-state index in [0.29, 0.717) is 19.5 Å². The van der Waals surface area contributed by atoms with Gasteiger partial charge in [0.1, 0.15) is 11.5 Å². The van der Waals surface area contributed by atoms with Crippen LogP contribution < -0.4 is 5.56 Å². The van der Waals surface area contributed by atoms with Gasteiger partial charge in [-0.05, 0) is 24.6 Å². The molecule has 3 heterocycles. The Morgan fingerprint density at radius 3 is 2.92 bits per heavy atom. The SMILES string of the molecule is Cn1[nH]c(=O)c2c1CN(Cc1ccn(-c3ccc(F)cc3F)n1)CC2. The van der Waals surface area contributed by atoms with E-state index in [1.54, 1.807) is 10.9 Å². The first-order chi connectivity index (χ1) is 12.0. The van der Waals surface area contributed by atoms with E-state index in [0.717, 1.165) is 29.6 Å².